The van der Waals surface area contributed by atoms with Crippen molar-refractivity contribution in [2.75, 3.05) is 0 Å². The maximum absolute atomic E-state index is 11.7. The fourth-order valence-corrected chi connectivity index (χ4v) is 1.93. The van der Waals surface area contributed by atoms with Crippen molar-refractivity contribution >= 4 is 12.0 Å². The summed E-state index contributed by atoms with van der Waals surface area (Å²) in [6.07, 6.45) is 2.87. The van der Waals surface area contributed by atoms with Crippen LogP contribution in [0.1, 0.15) is 33.6 Å². The first-order valence-electron chi connectivity index (χ1n) is 5.14. The summed E-state index contributed by atoms with van der Waals surface area (Å²) in [4.78, 5) is 24.6. The Hall–Kier alpha value is -1.32. The summed E-state index contributed by atoms with van der Waals surface area (Å²) in [6.45, 7) is 5.38. The molecule has 1 aliphatic carbocycles. The van der Waals surface area contributed by atoms with Gasteiger partial charge < -0.3 is 4.74 Å². The van der Waals surface area contributed by atoms with E-state index in [4.69, 9.17) is 4.74 Å². The van der Waals surface area contributed by atoms with Gasteiger partial charge >= 0.3 is 6.09 Å². The Morgan fingerprint density at radius 1 is 1.53 bits per heavy atom. The predicted octanol–water partition coefficient (Wildman–Crippen LogP) is 1.85. The predicted molar refractivity (Wildman–Crippen MR) is 54.2 cm³/mol. The molecular weight excluding hydrogens is 194 g/mol. The summed E-state index contributed by atoms with van der Waals surface area (Å²) in [7, 11) is 0. The third-order valence-corrected chi connectivity index (χ3v) is 2.54. The molecule has 0 aromatic carbocycles. The highest BCUT2D eigenvalue weighted by atomic mass is 16.6. The maximum atomic E-state index is 11.7. The van der Waals surface area contributed by atoms with E-state index >= 15 is 0 Å². The lowest BCUT2D eigenvalue weighted by Crippen LogP contribution is -2.43. The zero-order valence-corrected chi connectivity index (χ0v) is 9.24. The van der Waals surface area contributed by atoms with Crippen LogP contribution in [-0.4, -0.2) is 28.5 Å². The lowest BCUT2D eigenvalue weighted by Gasteiger charge is -2.27. The quantitative estimate of drug-likeness (QED) is 0.611. The van der Waals surface area contributed by atoms with E-state index < -0.39 is 11.7 Å². The molecule has 1 fully saturated rings. The van der Waals surface area contributed by atoms with Gasteiger partial charge in [0.15, 0.2) is 0 Å². The lowest BCUT2D eigenvalue weighted by molar-refractivity contribution is -0.125. The number of likely N-dealkylation sites (tertiary alicyclic amines) is 1. The number of carbonyl (C=O) groups excluding carboxylic acids is 2. The zero-order chi connectivity index (χ0) is 11.2. The molecule has 4 nitrogen and oxygen atoms in total. The van der Waals surface area contributed by atoms with Crippen molar-refractivity contribution in [3.63, 3.8) is 0 Å². The van der Waals surface area contributed by atoms with Crippen molar-refractivity contribution in [3.05, 3.63) is 11.6 Å². The van der Waals surface area contributed by atoms with E-state index in [1.54, 1.807) is 20.8 Å². The van der Waals surface area contributed by atoms with Crippen molar-refractivity contribution < 1.29 is 14.3 Å². The minimum absolute atomic E-state index is 0.00218. The molecule has 1 saturated heterocycles. The van der Waals surface area contributed by atoms with Crippen molar-refractivity contribution in [1.29, 1.82) is 0 Å². The molecule has 0 aromatic rings. The van der Waals surface area contributed by atoms with E-state index in [1.807, 2.05) is 6.08 Å². The molecule has 2 aliphatic rings. The molecule has 1 atom stereocenters. The number of nitrogens with zero attached hydrogens (tertiary/aromatic N) is 1. The standard InChI is InChI=1S/C11H15NO3/c1-11(2,3)15-10(14)12-8-5-4-7(6-8)9(12)13/h4,8H,5-6H2,1-3H3. The number of amides is 2. The second-order valence-electron chi connectivity index (χ2n) is 4.98. The monoisotopic (exact) mass is 209 g/mol. The minimum atomic E-state index is -0.548. The Kier molecular flexibility index (Phi) is 2.10. The average molecular weight is 209 g/mol. The van der Waals surface area contributed by atoms with E-state index in [2.05, 4.69) is 0 Å². The molecule has 0 aromatic heterocycles. The van der Waals surface area contributed by atoms with Gasteiger partial charge in [0.25, 0.3) is 5.91 Å². The fourth-order valence-electron chi connectivity index (χ4n) is 1.93. The van der Waals surface area contributed by atoms with Crippen molar-refractivity contribution in [2.45, 2.75) is 45.3 Å². The van der Waals surface area contributed by atoms with Gasteiger partial charge in [-0.1, -0.05) is 6.08 Å². The summed E-state index contributed by atoms with van der Waals surface area (Å²) in [5.41, 5.74) is 0.207. The van der Waals surface area contributed by atoms with Gasteiger partial charge in [-0.15, -0.1) is 0 Å². The van der Waals surface area contributed by atoms with Gasteiger partial charge in [-0.25, -0.2) is 9.69 Å². The van der Waals surface area contributed by atoms with Crippen LogP contribution in [0.2, 0.25) is 0 Å². The van der Waals surface area contributed by atoms with Gasteiger partial charge in [0.05, 0.1) is 6.04 Å². The van der Waals surface area contributed by atoms with Crippen LogP contribution in [0.4, 0.5) is 4.79 Å². The molecule has 0 radical (unpaired) electrons. The highest BCUT2D eigenvalue weighted by molar-refractivity contribution is 6.06. The van der Waals surface area contributed by atoms with Gasteiger partial charge in [-0.05, 0) is 33.6 Å². The Balaban J connectivity index is 2.10. The van der Waals surface area contributed by atoms with Crippen LogP contribution in [0.5, 0.6) is 0 Å². The topological polar surface area (TPSA) is 46.6 Å². The Morgan fingerprint density at radius 3 is 2.67 bits per heavy atom. The number of ether oxygens (including phenoxy) is 1. The number of fused-ring (bicyclic) bond motifs is 2. The zero-order valence-electron chi connectivity index (χ0n) is 9.24. The number of hydrogen-bond donors (Lipinski definition) is 0. The molecule has 2 amide bonds. The Bertz CT molecular complexity index is 351. The minimum Gasteiger partial charge on any atom is -0.443 e. The largest absolute Gasteiger partial charge is 0.443 e. The molecule has 2 rings (SSSR count). The van der Waals surface area contributed by atoms with E-state index in [0.717, 1.165) is 12.0 Å². The van der Waals surface area contributed by atoms with Crippen LogP contribution in [0.15, 0.2) is 11.6 Å². The first-order chi connectivity index (χ1) is 6.88. The van der Waals surface area contributed by atoms with E-state index in [1.165, 1.54) is 4.90 Å². The number of rotatable bonds is 0. The fraction of sp³-hybridized carbons (Fsp3) is 0.636. The Labute approximate surface area is 88.9 Å². The van der Waals surface area contributed by atoms with Crippen LogP contribution in [0, 0.1) is 0 Å². The molecule has 4 heteroatoms. The van der Waals surface area contributed by atoms with Gasteiger partial charge in [-0.2, -0.15) is 0 Å². The van der Waals surface area contributed by atoms with Gasteiger partial charge in [0, 0.05) is 5.57 Å². The van der Waals surface area contributed by atoms with Crippen LogP contribution >= 0.6 is 0 Å². The van der Waals surface area contributed by atoms with Crippen LogP contribution < -0.4 is 0 Å². The molecule has 0 saturated carbocycles. The molecule has 2 bridgehead atoms. The smallest absolute Gasteiger partial charge is 0.417 e. The first kappa shape index (κ1) is 10.2. The van der Waals surface area contributed by atoms with Crippen molar-refractivity contribution in [1.82, 2.24) is 4.90 Å². The van der Waals surface area contributed by atoms with Gasteiger partial charge in [-0.3, -0.25) is 4.79 Å². The van der Waals surface area contributed by atoms with Crippen LogP contribution in [-0.2, 0) is 9.53 Å². The van der Waals surface area contributed by atoms with E-state index in [-0.39, 0.29) is 11.9 Å². The SMILES string of the molecule is CC(C)(C)OC(=O)N1C(=O)C2=CCC1C2. The molecule has 1 unspecified atom stereocenters. The van der Waals surface area contributed by atoms with Crippen LogP contribution in [0.3, 0.4) is 0 Å². The maximum Gasteiger partial charge on any atom is 0.417 e. The molecule has 1 heterocycles. The lowest BCUT2D eigenvalue weighted by atomic mass is 10.2. The third-order valence-electron chi connectivity index (χ3n) is 2.54. The number of hydrogen-bond acceptors (Lipinski definition) is 3. The highest BCUT2D eigenvalue weighted by Crippen LogP contribution is 2.34. The second kappa shape index (κ2) is 3.08. The summed E-state index contributed by atoms with van der Waals surface area (Å²) in [5, 5.41) is 0. The third kappa shape index (κ3) is 1.76. The van der Waals surface area contributed by atoms with Gasteiger partial charge in [0.2, 0.25) is 0 Å². The highest BCUT2D eigenvalue weighted by Gasteiger charge is 2.44. The van der Waals surface area contributed by atoms with Crippen molar-refractivity contribution in [3.8, 4) is 0 Å². The van der Waals surface area contributed by atoms with Gasteiger partial charge in [0.1, 0.15) is 5.60 Å². The molecule has 0 spiro atoms. The first-order valence-corrected chi connectivity index (χ1v) is 5.14. The summed E-state index contributed by atoms with van der Waals surface area (Å²) in [5.74, 6) is -0.180. The summed E-state index contributed by atoms with van der Waals surface area (Å²) in [6, 6.07) is 0.00218. The normalized spacial score (nSPS) is 24.5. The molecule has 15 heavy (non-hydrogen) atoms. The Morgan fingerprint density at radius 2 is 2.20 bits per heavy atom. The number of carbonyl (C=O) groups is 2. The van der Waals surface area contributed by atoms with Crippen LogP contribution in [0.25, 0.3) is 0 Å². The molecule has 82 valence electrons. The average Bonchev–Trinajstić information content (AvgIpc) is 2.59. The molecule has 0 N–H and O–H groups in total. The molecular formula is C11H15NO3. The second-order valence-corrected chi connectivity index (χ2v) is 4.98. The summed E-state index contributed by atoms with van der Waals surface area (Å²) >= 11 is 0. The van der Waals surface area contributed by atoms with E-state index in [9.17, 15) is 9.59 Å². The number of imide groups is 1. The molecule has 1 aliphatic heterocycles. The van der Waals surface area contributed by atoms with Crippen molar-refractivity contribution in [2.24, 2.45) is 0 Å². The van der Waals surface area contributed by atoms with E-state index in [0.29, 0.717) is 6.42 Å². The summed E-state index contributed by atoms with van der Waals surface area (Å²) < 4.78 is 5.18.